The van der Waals surface area contributed by atoms with Crippen molar-refractivity contribution in [1.82, 2.24) is 20.2 Å². The fourth-order valence-electron chi connectivity index (χ4n) is 3.92. The van der Waals surface area contributed by atoms with Crippen LogP contribution >= 0.6 is 11.3 Å². The van der Waals surface area contributed by atoms with E-state index in [9.17, 15) is 9.59 Å². The summed E-state index contributed by atoms with van der Waals surface area (Å²) in [6.45, 7) is 3.27. The van der Waals surface area contributed by atoms with Crippen LogP contribution in [0.2, 0.25) is 0 Å². The van der Waals surface area contributed by atoms with Gasteiger partial charge in [0.2, 0.25) is 5.13 Å². The van der Waals surface area contributed by atoms with Crippen LogP contribution in [-0.4, -0.2) is 52.4 Å². The molecule has 1 unspecified atom stereocenters. The van der Waals surface area contributed by atoms with Crippen molar-refractivity contribution < 1.29 is 23.8 Å². The van der Waals surface area contributed by atoms with Crippen molar-refractivity contribution in [2.45, 2.75) is 20.0 Å². The highest BCUT2D eigenvalue weighted by atomic mass is 32.1. The van der Waals surface area contributed by atoms with Gasteiger partial charge in [-0.1, -0.05) is 11.3 Å². The number of hydrogen-bond donors (Lipinski definition) is 1. The number of anilines is 1. The molecule has 5 rings (SSSR count). The van der Waals surface area contributed by atoms with Gasteiger partial charge in [0.25, 0.3) is 5.91 Å². The van der Waals surface area contributed by atoms with Crippen LogP contribution in [0.4, 0.5) is 5.13 Å². The highest BCUT2D eigenvalue weighted by molar-refractivity contribution is 7.15. The average Bonchev–Trinajstić information content (AvgIpc) is 3.40. The van der Waals surface area contributed by atoms with E-state index in [1.54, 1.807) is 39.3 Å². The molecular formula is C29H25N5O5S. The molecule has 1 atom stereocenters. The zero-order chi connectivity index (χ0) is 28.2. The Morgan fingerprint density at radius 1 is 0.800 bits per heavy atom. The first kappa shape index (κ1) is 26.7. The van der Waals surface area contributed by atoms with Crippen LogP contribution in [0.5, 0.6) is 11.5 Å². The lowest BCUT2D eigenvalue weighted by Crippen LogP contribution is -2.30. The molecule has 11 heteroatoms. The fourth-order valence-corrected chi connectivity index (χ4v) is 4.51. The highest BCUT2D eigenvalue weighted by Crippen LogP contribution is 2.33. The first-order chi connectivity index (χ1) is 19.3. The maximum atomic E-state index is 12.9. The largest absolute Gasteiger partial charge is 0.497 e. The Labute approximate surface area is 234 Å². The van der Waals surface area contributed by atoms with Gasteiger partial charge in [0.15, 0.2) is 6.10 Å². The number of nitrogens with zero attached hydrogens (tertiary/aromatic N) is 4. The summed E-state index contributed by atoms with van der Waals surface area (Å²) in [6.07, 6.45) is -1.05. The lowest BCUT2D eigenvalue weighted by molar-refractivity contribution is -0.123. The molecule has 2 heterocycles. The minimum atomic E-state index is -1.05. The molecule has 3 aromatic carbocycles. The zero-order valence-electron chi connectivity index (χ0n) is 22.2. The Bertz CT molecular complexity index is 1690. The van der Waals surface area contributed by atoms with Gasteiger partial charge in [-0.2, -0.15) is 0 Å². The summed E-state index contributed by atoms with van der Waals surface area (Å²) >= 11 is 1.23. The normalized spacial score (nSPS) is 11.6. The van der Waals surface area contributed by atoms with Crippen LogP contribution in [0.15, 0.2) is 66.7 Å². The third-order valence-corrected chi connectivity index (χ3v) is 6.79. The van der Waals surface area contributed by atoms with Crippen molar-refractivity contribution in [2.24, 2.45) is 0 Å². The molecule has 40 heavy (non-hydrogen) atoms. The van der Waals surface area contributed by atoms with E-state index in [2.05, 4.69) is 15.5 Å². The molecule has 0 bridgehead atoms. The smallest absolute Gasteiger partial charge is 0.338 e. The number of hydrogen-bond acceptors (Lipinski definition) is 10. The number of amides is 1. The monoisotopic (exact) mass is 555 g/mol. The van der Waals surface area contributed by atoms with Crippen molar-refractivity contribution in [2.75, 3.05) is 19.5 Å². The van der Waals surface area contributed by atoms with Gasteiger partial charge < -0.3 is 14.2 Å². The molecule has 5 aromatic rings. The summed E-state index contributed by atoms with van der Waals surface area (Å²) in [5, 5.41) is 11.4. The van der Waals surface area contributed by atoms with Crippen LogP contribution in [-0.2, 0) is 9.53 Å². The van der Waals surface area contributed by atoms with E-state index in [-0.39, 0.29) is 5.56 Å². The SMILES string of the molecule is COc1ccc(-c2nc3ccc(C(=O)OC(C)C(=O)Nc4nnc(C)s4)cc3nc2-c2ccc(OC)cc2)cc1. The van der Waals surface area contributed by atoms with Gasteiger partial charge in [-0.3, -0.25) is 10.1 Å². The van der Waals surface area contributed by atoms with Crippen LogP contribution in [0.1, 0.15) is 22.3 Å². The Hall–Kier alpha value is -4.90. The Morgan fingerprint density at radius 3 is 1.90 bits per heavy atom. The van der Waals surface area contributed by atoms with E-state index in [1.807, 2.05) is 48.5 Å². The molecule has 0 aliphatic carbocycles. The van der Waals surface area contributed by atoms with Gasteiger partial charge in [0, 0.05) is 11.1 Å². The van der Waals surface area contributed by atoms with Crippen molar-refractivity contribution in [3.63, 3.8) is 0 Å². The van der Waals surface area contributed by atoms with Gasteiger partial charge in [0.1, 0.15) is 16.5 Å². The van der Waals surface area contributed by atoms with Crippen LogP contribution in [0, 0.1) is 6.92 Å². The maximum absolute atomic E-state index is 12.9. The zero-order valence-corrected chi connectivity index (χ0v) is 23.0. The Balaban J connectivity index is 1.47. The first-order valence-corrected chi connectivity index (χ1v) is 13.1. The second kappa shape index (κ2) is 11.5. The molecule has 0 aliphatic heterocycles. The Morgan fingerprint density at radius 2 is 1.38 bits per heavy atom. The quantitative estimate of drug-likeness (QED) is 0.253. The molecule has 0 saturated heterocycles. The second-order valence-corrected chi connectivity index (χ2v) is 9.93. The van der Waals surface area contributed by atoms with Crippen molar-refractivity contribution in [3.8, 4) is 34.0 Å². The van der Waals surface area contributed by atoms with E-state index in [4.69, 9.17) is 24.2 Å². The molecule has 202 valence electrons. The number of rotatable bonds is 8. The van der Waals surface area contributed by atoms with Crippen molar-refractivity contribution >= 4 is 39.4 Å². The van der Waals surface area contributed by atoms with E-state index in [1.165, 1.54) is 18.3 Å². The molecule has 0 fully saturated rings. The number of carbonyl (C=O) groups excluding carboxylic acids is 2. The Kier molecular flexibility index (Phi) is 7.65. The van der Waals surface area contributed by atoms with Crippen LogP contribution in [0.3, 0.4) is 0 Å². The molecule has 0 radical (unpaired) electrons. The molecular weight excluding hydrogens is 530 g/mol. The predicted octanol–water partition coefficient (Wildman–Crippen LogP) is 5.32. The molecule has 1 N–H and O–H groups in total. The number of methoxy groups -OCH3 is 2. The number of aryl methyl sites for hydroxylation is 1. The van der Waals surface area contributed by atoms with Gasteiger partial charge in [-0.25, -0.2) is 14.8 Å². The molecule has 0 saturated carbocycles. The van der Waals surface area contributed by atoms with E-state index in [0.29, 0.717) is 38.3 Å². The molecule has 0 aliphatic rings. The number of nitrogens with one attached hydrogen (secondary N) is 1. The van der Waals surface area contributed by atoms with Crippen LogP contribution < -0.4 is 14.8 Å². The average molecular weight is 556 g/mol. The minimum Gasteiger partial charge on any atom is -0.497 e. The summed E-state index contributed by atoms with van der Waals surface area (Å²) < 4.78 is 16.0. The summed E-state index contributed by atoms with van der Waals surface area (Å²) in [6, 6.07) is 20.0. The van der Waals surface area contributed by atoms with Crippen LogP contribution in [0.25, 0.3) is 33.5 Å². The number of fused-ring (bicyclic) bond motifs is 1. The number of esters is 1. The summed E-state index contributed by atoms with van der Waals surface area (Å²) in [7, 11) is 3.22. The summed E-state index contributed by atoms with van der Waals surface area (Å²) in [4.78, 5) is 35.2. The van der Waals surface area contributed by atoms with Gasteiger partial charge in [0.05, 0.1) is 42.2 Å². The third kappa shape index (κ3) is 5.74. The van der Waals surface area contributed by atoms with E-state index < -0.39 is 18.0 Å². The molecule has 10 nitrogen and oxygen atoms in total. The minimum absolute atomic E-state index is 0.242. The topological polar surface area (TPSA) is 125 Å². The van der Waals surface area contributed by atoms with Crippen molar-refractivity contribution in [1.29, 1.82) is 0 Å². The van der Waals surface area contributed by atoms with Gasteiger partial charge in [-0.05, 0) is 80.6 Å². The molecule has 1 amide bonds. The van der Waals surface area contributed by atoms with Gasteiger partial charge >= 0.3 is 5.97 Å². The number of carbonyl (C=O) groups is 2. The summed E-state index contributed by atoms with van der Waals surface area (Å²) in [5.41, 5.74) is 4.32. The number of benzene rings is 3. The highest BCUT2D eigenvalue weighted by Gasteiger charge is 2.21. The van der Waals surface area contributed by atoms with E-state index in [0.717, 1.165) is 16.9 Å². The molecule has 2 aromatic heterocycles. The third-order valence-electron chi connectivity index (χ3n) is 6.04. The maximum Gasteiger partial charge on any atom is 0.338 e. The lowest BCUT2D eigenvalue weighted by Gasteiger charge is -2.14. The summed E-state index contributed by atoms with van der Waals surface area (Å²) in [5.74, 6) is 0.280. The first-order valence-electron chi connectivity index (χ1n) is 12.3. The van der Waals surface area contributed by atoms with Gasteiger partial charge in [-0.15, -0.1) is 10.2 Å². The second-order valence-electron chi connectivity index (χ2n) is 8.74. The van der Waals surface area contributed by atoms with Crippen molar-refractivity contribution in [3.05, 3.63) is 77.3 Å². The lowest BCUT2D eigenvalue weighted by atomic mass is 10.0. The molecule has 0 spiro atoms. The standard InChI is InChI=1S/C29H25N5O5S/c1-16(27(35)32-29-34-33-17(2)40-29)39-28(36)20-9-14-23-24(15-20)31-26(19-7-12-22(38-4)13-8-19)25(30-23)18-5-10-21(37-3)11-6-18/h5-16H,1-4H3,(H,32,34,35). The van der Waals surface area contributed by atoms with E-state index >= 15 is 0 Å². The predicted molar refractivity (Wildman–Crippen MR) is 152 cm³/mol. The number of ether oxygens (including phenoxy) is 3. The fraction of sp³-hybridized carbons (Fsp3) is 0.172. The number of aromatic nitrogens is 4.